The summed E-state index contributed by atoms with van der Waals surface area (Å²) in [5.74, 6) is -0.166. The van der Waals surface area contributed by atoms with Crippen LogP contribution in [0.15, 0.2) is 59.8 Å². The molecule has 1 spiro atoms. The third-order valence-corrected chi connectivity index (χ3v) is 5.12. The van der Waals surface area contributed by atoms with E-state index in [2.05, 4.69) is 27.9 Å². The Balaban J connectivity index is 1.45. The van der Waals surface area contributed by atoms with Crippen molar-refractivity contribution < 1.29 is 9.63 Å². The first-order valence-corrected chi connectivity index (χ1v) is 9.13. The summed E-state index contributed by atoms with van der Waals surface area (Å²) in [7, 11) is 0. The molecule has 2 aromatic rings. The van der Waals surface area contributed by atoms with Gasteiger partial charge in [-0.2, -0.15) is 0 Å². The standard InChI is InChI=1S/C21H23N3O2/c25-20(19-15-21(26-24-19)10-12-22-13-11-21)23-18-9-5-4-8-17(18)14-16-6-2-1-3-7-16/h1-9,22H,10-15H2,(H,23,25). The molecule has 0 aromatic heterocycles. The highest BCUT2D eigenvalue weighted by Gasteiger charge is 2.42. The minimum absolute atomic E-state index is 0.166. The average Bonchev–Trinajstić information content (AvgIpc) is 3.08. The largest absolute Gasteiger partial charge is 0.388 e. The molecule has 5 heteroatoms. The summed E-state index contributed by atoms with van der Waals surface area (Å²) in [4.78, 5) is 18.4. The van der Waals surface area contributed by atoms with Gasteiger partial charge in [0.1, 0.15) is 11.3 Å². The first kappa shape index (κ1) is 16.8. The molecule has 0 radical (unpaired) electrons. The molecular weight excluding hydrogens is 326 g/mol. The number of carbonyl (C=O) groups excluding carboxylic acids is 1. The predicted molar refractivity (Wildman–Crippen MR) is 102 cm³/mol. The lowest BCUT2D eigenvalue weighted by Gasteiger charge is -2.30. The van der Waals surface area contributed by atoms with Crippen LogP contribution in [-0.2, 0) is 16.1 Å². The maximum absolute atomic E-state index is 12.7. The number of anilines is 1. The van der Waals surface area contributed by atoms with Gasteiger partial charge in [0.15, 0.2) is 0 Å². The van der Waals surface area contributed by atoms with E-state index in [1.54, 1.807) is 0 Å². The van der Waals surface area contributed by atoms with Crippen LogP contribution in [0.4, 0.5) is 5.69 Å². The lowest BCUT2D eigenvalue weighted by molar-refractivity contribution is -0.110. The van der Waals surface area contributed by atoms with Gasteiger partial charge >= 0.3 is 0 Å². The van der Waals surface area contributed by atoms with Gasteiger partial charge in [-0.05, 0) is 36.7 Å². The maximum Gasteiger partial charge on any atom is 0.273 e. The highest BCUT2D eigenvalue weighted by molar-refractivity contribution is 6.43. The van der Waals surface area contributed by atoms with Crippen LogP contribution < -0.4 is 10.6 Å². The molecule has 1 saturated heterocycles. The lowest BCUT2D eigenvalue weighted by Crippen LogP contribution is -2.42. The number of oxime groups is 1. The van der Waals surface area contributed by atoms with Crippen molar-refractivity contribution >= 4 is 17.3 Å². The van der Waals surface area contributed by atoms with E-state index in [9.17, 15) is 4.79 Å². The molecule has 5 nitrogen and oxygen atoms in total. The molecule has 134 valence electrons. The maximum atomic E-state index is 12.7. The SMILES string of the molecule is O=C(Nc1ccccc1Cc1ccccc1)C1=NOC2(CCNCC2)C1. The van der Waals surface area contributed by atoms with Crippen LogP contribution in [0.3, 0.4) is 0 Å². The summed E-state index contributed by atoms with van der Waals surface area (Å²) in [6, 6.07) is 18.2. The number of nitrogens with zero attached hydrogens (tertiary/aromatic N) is 1. The molecule has 0 aliphatic carbocycles. The summed E-state index contributed by atoms with van der Waals surface area (Å²) in [5, 5.41) is 10.4. The van der Waals surface area contributed by atoms with Gasteiger partial charge in [-0.25, -0.2) is 0 Å². The Kier molecular flexibility index (Phi) is 4.71. The number of rotatable bonds is 4. The van der Waals surface area contributed by atoms with Crippen molar-refractivity contribution in [2.75, 3.05) is 18.4 Å². The molecule has 2 aliphatic heterocycles. The van der Waals surface area contributed by atoms with Crippen LogP contribution in [-0.4, -0.2) is 30.3 Å². The smallest absolute Gasteiger partial charge is 0.273 e. The Bertz CT molecular complexity index is 811. The van der Waals surface area contributed by atoms with Gasteiger partial charge in [0, 0.05) is 24.9 Å². The van der Waals surface area contributed by atoms with Crippen LogP contribution in [0.1, 0.15) is 30.4 Å². The van der Waals surface area contributed by atoms with E-state index in [-0.39, 0.29) is 11.5 Å². The fourth-order valence-corrected chi connectivity index (χ4v) is 3.60. The number of piperidine rings is 1. The van der Waals surface area contributed by atoms with Crippen molar-refractivity contribution in [2.24, 2.45) is 5.16 Å². The van der Waals surface area contributed by atoms with E-state index < -0.39 is 0 Å². The van der Waals surface area contributed by atoms with Crippen molar-refractivity contribution in [3.63, 3.8) is 0 Å². The number of amides is 1. The number of carbonyl (C=O) groups is 1. The molecular formula is C21H23N3O2. The molecule has 0 atom stereocenters. The lowest BCUT2D eigenvalue weighted by atomic mass is 9.87. The van der Waals surface area contributed by atoms with Gasteiger partial charge in [0.05, 0.1) is 0 Å². The second-order valence-corrected chi connectivity index (χ2v) is 7.01. The molecule has 0 bridgehead atoms. The van der Waals surface area contributed by atoms with Crippen molar-refractivity contribution in [1.29, 1.82) is 0 Å². The average molecular weight is 349 g/mol. The fourth-order valence-electron chi connectivity index (χ4n) is 3.60. The Hall–Kier alpha value is -2.66. The van der Waals surface area contributed by atoms with Crippen LogP contribution in [0, 0.1) is 0 Å². The second kappa shape index (κ2) is 7.30. The molecule has 1 amide bonds. The van der Waals surface area contributed by atoms with Crippen LogP contribution in [0.25, 0.3) is 0 Å². The monoisotopic (exact) mass is 349 g/mol. The Morgan fingerprint density at radius 2 is 1.81 bits per heavy atom. The van der Waals surface area contributed by atoms with Gasteiger partial charge < -0.3 is 15.5 Å². The van der Waals surface area contributed by atoms with Crippen LogP contribution >= 0.6 is 0 Å². The molecule has 4 rings (SSSR count). The first-order chi connectivity index (χ1) is 12.7. The topological polar surface area (TPSA) is 62.7 Å². The van der Waals surface area contributed by atoms with Gasteiger partial charge in [0.2, 0.25) is 0 Å². The third-order valence-electron chi connectivity index (χ3n) is 5.12. The molecule has 1 fully saturated rings. The summed E-state index contributed by atoms with van der Waals surface area (Å²) < 4.78 is 0. The normalized spacial score (nSPS) is 18.2. The van der Waals surface area contributed by atoms with E-state index in [1.165, 1.54) is 5.56 Å². The van der Waals surface area contributed by atoms with E-state index in [0.717, 1.165) is 43.6 Å². The number of nitrogens with one attached hydrogen (secondary N) is 2. The Morgan fingerprint density at radius 1 is 1.08 bits per heavy atom. The Labute approximate surface area is 153 Å². The first-order valence-electron chi connectivity index (χ1n) is 9.13. The predicted octanol–water partition coefficient (Wildman–Crippen LogP) is 3.11. The number of benzene rings is 2. The Morgan fingerprint density at radius 3 is 2.62 bits per heavy atom. The second-order valence-electron chi connectivity index (χ2n) is 7.01. The highest BCUT2D eigenvalue weighted by atomic mass is 16.7. The van der Waals surface area contributed by atoms with Gasteiger partial charge in [0.25, 0.3) is 5.91 Å². The summed E-state index contributed by atoms with van der Waals surface area (Å²) >= 11 is 0. The summed E-state index contributed by atoms with van der Waals surface area (Å²) in [5.41, 5.74) is 3.32. The molecule has 2 N–H and O–H groups in total. The van der Waals surface area contributed by atoms with Crippen molar-refractivity contribution in [2.45, 2.75) is 31.3 Å². The molecule has 2 aromatic carbocycles. The zero-order chi connectivity index (χ0) is 17.8. The summed E-state index contributed by atoms with van der Waals surface area (Å²) in [6.45, 7) is 1.81. The van der Waals surface area contributed by atoms with Crippen LogP contribution in [0.5, 0.6) is 0 Å². The molecule has 2 aliphatic rings. The van der Waals surface area contributed by atoms with E-state index in [1.807, 2.05) is 42.5 Å². The van der Waals surface area contributed by atoms with Crippen molar-refractivity contribution in [3.8, 4) is 0 Å². The number of hydrogen-bond acceptors (Lipinski definition) is 4. The minimum atomic E-state index is -0.290. The van der Waals surface area contributed by atoms with Gasteiger partial charge in [-0.1, -0.05) is 53.7 Å². The fraction of sp³-hybridized carbons (Fsp3) is 0.333. The van der Waals surface area contributed by atoms with Gasteiger partial charge in [-0.3, -0.25) is 4.79 Å². The zero-order valence-electron chi connectivity index (χ0n) is 14.7. The van der Waals surface area contributed by atoms with E-state index in [0.29, 0.717) is 12.1 Å². The molecule has 0 saturated carbocycles. The molecule has 2 heterocycles. The van der Waals surface area contributed by atoms with Crippen LogP contribution in [0.2, 0.25) is 0 Å². The highest BCUT2D eigenvalue weighted by Crippen LogP contribution is 2.33. The number of hydrogen-bond donors (Lipinski definition) is 2. The van der Waals surface area contributed by atoms with Crippen molar-refractivity contribution in [1.82, 2.24) is 5.32 Å². The third kappa shape index (κ3) is 3.63. The van der Waals surface area contributed by atoms with Gasteiger partial charge in [-0.15, -0.1) is 0 Å². The minimum Gasteiger partial charge on any atom is -0.388 e. The number of para-hydroxylation sites is 1. The summed E-state index contributed by atoms with van der Waals surface area (Å²) in [6.07, 6.45) is 3.13. The van der Waals surface area contributed by atoms with E-state index in [4.69, 9.17) is 4.84 Å². The molecule has 26 heavy (non-hydrogen) atoms. The van der Waals surface area contributed by atoms with Crippen molar-refractivity contribution in [3.05, 3.63) is 65.7 Å². The molecule has 0 unspecified atom stereocenters. The van der Waals surface area contributed by atoms with E-state index >= 15 is 0 Å². The zero-order valence-corrected chi connectivity index (χ0v) is 14.7. The quantitative estimate of drug-likeness (QED) is 0.891.